The first-order valence-corrected chi connectivity index (χ1v) is 11.1. The van der Waals surface area contributed by atoms with E-state index in [9.17, 15) is 5.11 Å². The highest BCUT2D eigenvalue weighted by atomic mass is 32.2. The smallest absolute Gasteiger partial charge is 0.0630 e. The molecule has 0 amide bonds. The monoisotopic (exact) mass is 330 g/mol. The van der Waals surface area contributed by atoms with Crippen molar-refractivity contribution in [1.29, 1.82) is 0 Å². The van der Waals surface area contributed by atoms with Crippen molar-refractivity contribution in [3.8, 4) is 0 Å². The van der Waals surface area contributed by atoms with Crippen LogP contribution in [0.5, 0.6) is 0 Å². The molecular weight excluding hydrogens is 288 g/mol. The number of unbranched alkanes of at least 4 members (excludes halogenated alkanes) is 11. The van der Waals surface area contributed by atoms with Crippen LogP contribution in [-0.2, 0) is 0 Å². The third-order valence-corrected chi connectivity index (χ3v) is 6.04. The van der Waals surface area contributed by atoms with Crippen molar-refractivity contribution < 1.29 is 5.11 Å². The largest absolute Gasteiger partial charge is 0.392 e. The molecule has 0 saturated carbocycles. The van der Waals surface area contributed by atoms with E-state index in [1.807, 2.05) is 18.7 Å². The van der Waals surface area contributed by atoms with E-state index in [2.05, 4.69) is 13.8 Å². The molecule has 0 fully saturated rings. The van der Waals surface area contributed by atoms with Crippen LogP contribution in [0.15, 0.2) is 0 Å². The molecule has 0 aliphatic heterocycles. The molecule has 0 aromatic rings. The number of aliphatic hydroxyl groups excluding tert-OH is 1. The summed E-state index contributed by atoms with van der Waals surface area (Å²) in [5, 5.41) is 10.3. The summed E-state index contributed by atoms with van der Waals surface area (Å²) in [6.45, 7) is 6.49. The van der Waals surface area contributed by atoms with Gasteiger partial charge in [-0.05, 0) is 25.5 Å². The maximum Gasteiger partial charge on any atom is 0.0630 e. The lowest BCUT2D eigenvalue weighted by molar-refractivity contribution is 0.186. The van der Waals surface area contributed by atoms with E-state index in [0.29, 0.717) is 5.25 Å². The van der Waals surface area contributed by atoms with Gasteiger partial charge >= 0.3 is 0 Å². The third kappa shape index (κ3) is 15.2. The van der Waals surface area contributed by atoms with Crippen molar-refractivity contribution in [3.63, 3.8) is 0 Å². The second-order valence-electron chi connectivity index (χ2n) is 6.83. The van der Waals surface area contributed by atoms with Gasteiger partial charge in [-0.1, -0.05) is 90.9 Å². The summed E-state index contributed by atoms with van der Waals surface area (Å²) in [6, 6.07) is 0. The molecule has 22 heavy (non-hydrogen) atoms. The average Bonchev–Trinajstić information content (AvgIpc) is 2.50. The van der Waals surface area contributed by atoms with E-state index in [-0.39, 0.29) is 6.10 Å². The molecule has 0 spiro atoms. The van der Waals surface area contributed by atoms with Crippen LogP contribution in [-0.4, -0.2) is 22.2 Å². The molecular formula is C20H42OS. The summed E-state index contributed by atoms with van der Waals surface area (Å²) in [4.78, 5) is 0. The van der Waals surface area contributed by atoms with Crippen molar-refractivity contribution >= 4 is 11.8 Å². The van der Waals surface area contributed by atoms with E-state index >= 15 is 0 Å². The molecule has 0 saturated heterocycles. The van der Waals surface area contributed by atoms with Crippen molar-refractivity contribution in [3.05, 3.63) is 0 Å². The van der Waals surface area contributed by atoms with Crippen LogP contribution in [0, 0.1) is 0 Å². The number of thioether (sulfide) groups is 1. The maximum atomic E-state index is 9.85. The van der Waals surface area contributed by atoms with Crippen molar-refractivity contribution in [2.24, 2.45) is 0 Å². The summed E-state index contributed by atoms with van der Waals surface area (Å²) in [5.41, 5.74) is 0. The summed E-state index contributed by atoms with van der Waals surface area (Å²) in [5.74, 6) is 1.23. The van der Waals surface area contributed by atoms with Crippen LogP contribution in [0.4, 0.5) is 0 Å². The Kier molecular flexibility index (Phi) is 17.9. The number of rotatable bonds is 17. The fourth-order valence-corrected chi connectivity index (χ4v) is 4.17. The molecule has 0 aromatic heterocycles. The SMILES string of the molecule is CCCCCCCCCCCCSC(CCCCC)C(C)O. The molecule has 2 unspecified atom stereocenters. The Balaban J connectivity index is 3.34. The predicted molar refractivity (Wildman–Crippen MR) is 104 cm³/mol. The molecule has 0 bridgehead atoms. The zero-order valence-corrected chi connectivity index (χ0v) is 16.4. The van der Waals surface area contributed by atoms with Gasteiger partial charge in [0.2, 0.25) is 0 Å². The Morgan fingerprint density at radius 3 is 1.64 bits per heavy atom. The van der Waals surface area contributed by atoms with Crippen molar-refractivity contribution in [2.45, 2.75) is 122 Å². The minimum atomic E-state index is -0.148. The second-order valence-corrected chi connectivity index (χ2v) is 8.17. The molecule has 1 nitrogen and oxygen atoms in total. The minimum Gasteiger partial charge on any atom is -0.392 e. The van der Waals surface area contributed by atoms with E-state index in [1.165, 1.54) is 95.6 Å². The Morgan fingerprint density at radius 2 is 1.14 bits per heavy atom. The zero-order chi connectivity index (χ0) is 16.5. The van der Waals surface area contributed by atoms with Crippen LogP contribution in [0.3, 0.4) is 0 Å². The quantitative estimate of drug-likeness (QED) is 0.291. The lowest BCUT2D eigenvalue weighted by atomic mass is 10.1. The first kappa shape index (κ1) is 22.3. The van der Waals surface area contributed by atoms with E-state index in [0.717, 1.165) is 0 Å². The van der Waals surface area contributed by atoms with Crippen LogP contribution in [0.1, 0.15) is 111 Å². The summed E-state index contributed by atoms with van der Waals surface area (Å²) in [6.07, 6.45) is 19.0. The molecule has 2 heteroatoms. The lowest BCUT2D eigenvalue weighted by Crippen LogP contribution is -2.19. The standard InChI is InChI=1S/C20H42OS/c1-4-6-8-9-10-11-12-13-14-16-18-22-20(19(3)21)17-15-7-5-2/h19-21H,4-18H2,1-3H3. The maximum absolute atomic E-state index is 9.85. The molecule has 0 aromatic carbocycles. The van der Waals surface area contributed by atoms with Gasteiger partial charge in [0.25, 0.3) is 0 Å². The van der Waals surface area contributed by atoms with Crippen LogP contribution in [0.2, 0.25) is 0 Å². The number of aliphatic hydroxyl groups is 1. The number of hydrogen-bond acceptors (Lipinski definition) is 2. The Morgan fingerprint density at radius 1 is 0.682 bits per heavy atom. The highest BCUT2D eigenvalue weighted by Gasteiger charge is 2.14. The summed E-state index contributed by atoms with van der Waals surface area (Å²) >= 11 is 2.01. The Hall–Kier alpha value is 0.310. The van der Waals surface area contributed by atoms with Gasteiger partial charge in [0.1, 0.15) is 0 Å². The van der Waals surface area contributed by atoms with Crippen LogP contribution in [0.25, 0.3) is 0 Å². The molecule has 1 N–H and O–H groups in total. The molecule has 0 rings (SSSR count). The molecule has 0 heterocycles. The highest BCUT2D eigenvalue weighted by molar-refractivity contribution is 7.99. The van der Waals surface area contributed by atoms with Crippen molar-refractivity contribution in [2.75, 3.05) is 5.75 Å². The highest BCUT2D eigenvalue weighted by Crippen LogP contribution is 2.23. The molecule has 0 radical (unpaired) electrons. The Labute approximate surface area is 145 Å². The van der Waals surface area contributed by atoms with E-state index in [4.69, 9.17) is 0 Å². The summed E-state index contributed by atoms with van der Waals surface area (Å²) in [7, 11) is 0. The van der Waals surface area contributed by atoms with Gasteiger partial charge in [-0.15, -0.1) is 0 Å². The fourth-order valence-electron chi connectivity index (χ4n) is 2.88. The zero-order valence-electron chi connectivity index (χ0n) is 15.6. The van der Waals surface area contributed by atoms with Gasteiger partial charge < -0.3 is 5.11 Å². The van der Waals surface area contributed by atoms with E-state index in [1.54, 1.807) is 0 Å². The minimum absolute atomic E-state index is 0.148. The molecule has 0 aliphatic carbocycles. The first-order chi connectivity index (χ1) is 10.7. The predicted octanol–water partition coefficient (Wildman–Crippen LogP) is 6.97. The fraction of sp³-hybridized carbons (Fsp3) is 1.00. The van der Waals surface area contributed by atoms with E-state index < -0.39 is 0 Å². The van der Waals surface area contributed by atoms with Crippen molar-refractivity contribution in [1.82, 2.24) is 0 Å². The summed E-state index contributed by atoms with van der Waals surface area (Å²) < 4.78 is 0. The second kappa shape index (κ2) is 17.7. The van der Waals surface area contributed by atoms with Crippen LogP contribution < -0.4 is 0 Å². The lowest BCUT2D eigenvalue weighted by Gasteiger charge is -2.19. The topological polar surface area (TPSA) is 20.2 Å². The Bertz CT molecular complexity index is 206. The first-order valence-electron chi connectivity index (χ1n) is 10.0. The van der Waals surface area contributed by atoms with Gasteiger partial charge in [0.15, 0.2) is 0 Å². The average molecular weight is 331 g/mol. The third-order valence-electron chi connectivity index (χ3n) is 4.46. The van der Waals surface area contributed by atoms with Crippen LogP contribution >= 0.6 is 11.8 Å². The van der Waals surface area contributed by atoms with Gasteiger partial charge in [-0.25, -0.2) is 0 Å². The molecule has 2 atom stereocenters. The van der Waals surface area contributed by atoms with Gasteiger partial charge in [0, 0.05) is 5.25 Å². The van der Waals surface area contributed by atoms with Gasteiger partial charge in [-0.2, -0.15) is 11.8 Å². The molecule has 0 aliphatic rings. The number of hydrogen-bond donors (Lipinski definition) is 1. The van der Waals surface area contributed by atoms with Gasteiger partial charge in [0.05, 0.1) is 6.10 Å². The molecule has 134 valence electrons. The normalized spacial score (nSPS) is 14.2. The van der Waals surface area contributed by atoms with Gasteiger partial charge in [-0.3, -0.25) is 0 Å².